The number of furan rings is 1. The summed E-state index contributed by atoms with van der Waals surface area (Å²) in [7, 11) is 0. The number of nitrogens with one attached hydrogen (secondary N) is 1. The van der Waals surface area contributed by atoms with E-state index in [1.165, 1.54) is 5.56 Å². The van der Waals surface area contributed by atoms with Gasteiger partial charge >= 0.3 is 0 Å². The van der Waals surface area contributed by atoms with Crippen molar-refractivity contribution >= 4 is 0 Å². The summed E-state index contributed by atoms with van der Waals surface area (Å²) in [4.78, 5) is 0. The molecule has 4 heteroatoms. The normalized spacial score (nSPS) is 16.8. The van der Waals surface area contributed by atoms with Crippen LogP contribution < -0.4 is 5.32 Å². The summed E-state index contributed by atoms with van der Waals surface area (Å²) >= 11 is 0. The third-order valence-corrected chi connectivity index (χ3v) is 3.88. The largest absolute Gasteiger partial charge is 0.464 e. The van der Waals surface area contributed by atoms with Crippen molar-refractivity contribution in [1.82, 2.24) is 5.32 Å². The van der Waals surface area contributed by atoms with Crippen LogP contribution in [0.4, 0.5) is 0 Å². The van der Waals surface area contributed by atoms with Crippen LogP contribution in [0.1, 0.15) is 43.8 Å². The van der Waals surface area contributed by atoms with Crippen molar-refractivity contribution in [2.24, 2.45) is 11.8 Å². The second-order valence-electron chi connectivity index (χ2n) is 6.39. The van der Waals surface area contributed by atoms with Gasteiger partial charge in [-0.2, -0.15) is 0 Å². The summed E-state index contributed by atoms with van der Waals surface area (Å²) in [5.74, 6) is 3.23. The van der Waals surface area contributed by atoms with Gasteiger partial charge in [0.15, 0.2) is 0 Å². The van der Waals surface area contributed by atoms with Crippen molar-refractivity contribution in [3.63, 3.8) is 0 Å². The first kappa shape index (κ1) is 16.5. The van der Waals surface area contributed by atoms with E-state index in [0.29, 0.717) is 18.4 Å². The summed E-state index contributed by atoms with van der Waals surface area (Å²) in [5.41, 5.74) is 1.24. The molecule has 1 N–H and O–H groups in total. The minimum atomic E-state index is 0.572. The number of hydrogen-bond acceptors (Lipinski definition) is 4. The summed E-state index contributed by atoms with van der Waals surface area (Å²) in [6, 6.07) is 2.12. The van der Waals surface area contributed by atoms with Crippen LogP contribution >= 0.6 is 0 Å². The zero-order valence-electron chi connectivity index (χ0n) is 13.6. The van der Waals surface area contributed by atoms with Crippen molar-refractivity contribution in [2.75, 3.05) is 26.4 Å². The van der Waals surface area contributed by atoms with E-state index >= 15 is 0 Å². The lowest BCUT2D eigenvalue weighted by atomic mass is 10.0. The molecular weight excluding hydrogens is 266 g/mol. The highest BCUT2D eigenvalue weighted by Gasteiger charge is 2.14. The molecule has 1 saturated heterocycles. The molecular formula is C17H29NO3. The highest BCUT2D eigenvalue weighted by atomic mass is 16.5. The molecule has 1 aromatic rings. The van der Waals surface area contributed by atoms with E-state index in [1.807, 2.05) is 6.92 Å². The van der Waals surface area contributed by atoms with E-state index in [2.05, 4.69) is 25.2 Å². The SMILES string of the molecule is Cc1oc(COCC2CCOCC2)cc1CNCC(C)C. The number of aryl methyl sites for hydroxylation is 1. The molecule has 2 heterocycles. The molecule has 4 nitrogen and oxygen atoms in total. The Morgan fingerprint density at radius 1 is 1.33 bits per heavy atom. The zero-order valence-corrected chi connectivity index (χ0v) is 13.6. The van der Waals surface area contributed by atoms with Gasteiger partial charge in [-0.3, -0.25) is 0 Å². The maximum Gasteiger partial charge on any atom is 0.130 e. The number of ether oxygens (including phenoxy) is 2. The van der Waals surface area contributed by atoms with Gasteiger partial charge in [0.25, 0.3) is 0 Å². The van der Waals surface area contributed by atoms with Gasteiger partial charge in [0.1, 0.15) is 18.1 Å². The third kappa shape index (κ3) is 5.81. The second kappa shape index (κ2) is 8.57. The van der Waals surface area contributed by atoms with Gasteiger partial charge in [-0.05, 0) is 44.2 Å². The Kier molecular flexibility index (Phi) is 6.74. The summed E-state index contributed by atoms with van der Waals surface area (Å²) in [5, 5.41) is 3.45. The van der Waals surface area contributed by atoms with Crippen LogP contribution in [-0.4, -0.2) is 26.4 Å². The zero-order chi connectivity index (χ0) is 15.1. The average Bonchev–Trinajstić information content (AvgIpc) is 2.80. The minimum absolute atomic E-state index is 0.572. The molecule has 0 radical (unpaired) electrons. The Hall–Kier alpha value is -0.840. The van der Waals surface area contributed by atoms with Crippen LogP contribution in [0.25, 0.3) is 0 Å². The molecule has 1 aliphatic rings. The molecule has 0 spiro atoms. The predicted molar refractivity (Wildman–Crippen MR) is 83.2 cm³/mol. The van der Waals surface area contributed by atoms with Gasteiger partial charge in [-0.1, -0.05) is 13.8 Å². The van der Waals surface area contributed by atoms with Gasteiger partial charge in [0.2, 0.25) is 0 Å². The van der Waals surface area contributed by atoms with Crippen LogP contribution in [-0.2, 0) is 22.6 Å². The summed E-state index contributed by atoms with van der Waals surface area (Å²) in [6.45, 7) is 11.5. The molecule has 1 aromatic heterocycles. The highest BCUT2D eigenvalue weighted by molar-refractivity contribution is 5.20. The van der Waals surface area contributed by atoms with Crippen molar-refractivity contribution in [3.05, 3.63) is 23.2 Å². The molecule has 0 atom stereocenters. The average molecular weight is 295 g/mol. The first-order valence-corrected chi connectivity index (χ1v) is 8.09. The first-order chi connectivity index (χ1) is 10.1. The quantitative estimate of drug-likeness (QED) is 0.799. The second-order valence-corrected chi connectivity index (χ2v) is 6.39. The molecule has 120 valence electrons. The van der Waals surface area contributed by atoms with Gasteiger partial charge < -0.3 is 19.2 Å². The van der Waals surface area contributed by atoms with E-state index < -0.39 is 0 Å². The molecule has 1 fully saturated rings. The van der Waals surface area contributed by atoms with E-state index in [-0.39, 0.29) is 0 Å². The van der Waals surface area contributed by atoms with Gasteiger partial charge in [-0.25, -0.2) is 0 Å². The lowest BCUT2D eigenvalue weighted by Gasteiger charge is -2.21. The van der Waals surface area contributed by atoms with E-state index in [1.54, 1.807) is 0 Å². The van der Waals surface area contributed by atoms with Crippen LogP contribution in [0.15, 0.2) is 10.5 Å². The summed E-state index contributed by atoms with van der Waals surface area (Å²) in [6.07, 6.45) is 2.23. The lowest BCUT2D eigenvalue weighted by molar-refractivity contribution is 0.0118. The number of hydrogen-bond donors (Lipinski definition) is 1. The van der Waals surface area contributed by atoms with Gasteiger partial charge in [-0.15, -0.1) is 0 Å². The Morgan fingerprint density at radius 2 is 2.10 bits per heavy atom. The smallest absolute Gasteiger partial charge is 0.130 e. The monoisotopic (exact) mass is 295 g/mol. The molecule has 0 bridgehead atoms. The third-order valence-electron chi connectivity index (χ3n) is 3.88. The van der Waals surface area contributed by atoms with E-state index in [4.69, 9.17) is 13.9 Å². The first-order valence-electron chi connectivity index (χ1n) is 8.09. The lowest BCUT2D eigenvalue weighted by Crippen LogP contribution is -2.20. The molecule has 0 amide bonds. The molecule has 2 rings (SSSR count). The minimum Gasteiger partial charge on any atom is -0.464 e. The van der Waals surface area contributed by atoms with Crippen LogP contribution in [0, 0.1) is 18.8 Å². The molecule has 0 saturated carbocycles. The number of rotatable bonds is 8. The van der Waals surface area contributed by atoms with E-state index in [9.17, 15) is 0 Å². The Bertz CT molecular complexity index is 408. The fourth-order valence-corrected chi connectivity index (χ4v) is 2.57. The standard InChI is InChI=1S/C17H29NO3/c1-13(2)9-18-10-16-8-17(21-14(16)3)12-20-11-15-4-6-19-7-5-15/h8,13,15,18H,4-7,9-12H2,1-3H3. The molecule has 1 aliphatic heterocycles. The van der Waals surface area contributed by atoms with Crippen molar-refractivity contribution in [2.45, 2.75) is 46.8 Å². The van der Waals surface area contributed by atoms with Crippen LogP contribution in [0.3, 0.4) is 0 Å². The fourth-order valence-electron chi connectivity index (χ4n) is 2.57. The fraction of sp³-hybridized carbons (Fsp3) is 0.765. The van der Waals surface area contributed by atoms with Crippen molar-refractivity contribution in [1.29, 1.82) is 0 Å². The van der Waals surface area contributed by atoms with Crippen LogP contribution in [0.2, 0.25) is 0 Å². The van der Waals surface area contributed by atoms with Gasteiger partial charge in [0, 0.05) is 25.3 Å². The Balaban J connectivity index is 1.70. The molecule has 21 heavy (non-hydrogen) atoms. The Morgan fingerprint density at radius 3 is 2.81 bits per heavy atom. The topological polar surface area (TPSA) is 43.6 Å². The maximum absolute atomic E-state index is 5.80. The molecule has 0 aromatic carbocycles. The molecule has 0 unspecified atom stereocenters. The van der Waals surface area contributed by atoms with Gasteiger partial charge in [0.05, 0.1) is 6.61 Å². The predicted octanol–water partition coefficient (Wildman–Crippen LogP) is 3.28. The highest BCUT2D eigenvalue weighted by Crippen LogP contribution is 2.18. The molecule has 0 aliphatic carbocycles. The van der Waals surface area contributed by atoms with Crippen LogP contribution in [0.5, 0.6) is 0 Å². The van der Waals surface area contributed by atoms with Crippen molar-refractivity contribution in [3.8, 4) is 0 Å². The van der Waals surface area contributed by atoms with E-state index in [0.717, 1.165) is 57.3 Å². The Labute approximate surface area is 128 Å². The summed E-state index contributed by atoms with van der Waals surface area (Å²) < 4.78 is 16.9. The van der Waals surface area contributed by atoms with Crippen molar-refractivity contribution < 1.29 is 13.9 Å². The maximum atomic E-state index is 5.80.